The summed E-state index contributed by atoms with van der Waals surface area (Å²) in [6.45, 7) is 5.68. The van der Waals surface area contributed by atoms with Crippen LogP contribution in [0, 0.1) is 13.8 Å². The predicted molar refractivity (Wildman–Crippen MR) is 103 cm³/mol. The van der Waals surface area contributed by atoms with E-state index in [1.165, 1.54) is 22.7 Å². The number of aromatic nitrogens is 1. The summed E-state index contributed by atoms with van der Waals surface area (Å²) in [5.41, 5.74) is 1.60. The summed E-state index contributed by atoms with van der Waals surface area (Å²) in [6.07, 6.45) is 0.158. The van der Waals surface area contributed by atoms with Gasteiger partial charge >= 0.3 is 0 Å². The number of aryl methyl sites for hydroxylation is 2. The van der Waals surface area contributed by atoms with Crippen LogP contribution in [0.4, 0.5) is 5.13 Å². The van der Waals surface area contributed by atoms with E-state index in [0.717, 1.165) is 17.1 Å². The van der Waals surface area contributed by atoms with Gasteiger partial charge in [-0.2, -0.15) is 0 Å². The maximum Gasteiger partial charge on any atom is 0.267 e. The zero-order valence-corrected chi connectivity index (χ0v) is 16.3. The minimum absolute atomic E-state index is 0.128. The molecule has 0 fully saturated rings. The molecule has 2 N–H and O–H groups in total. The molecule has 0 aliphatic rings. The smallest absolute Gasteiger partial charge is 0.267 e. The highest BCUT2D eigenvalue weighted by Gasteiger charge is 2.16. The number of rotatable bonds is 6. The Labute approximate surface area is 159 Å². The molecule has 0 radical (unpaired) electrons. The number of thiazole rings is 1. The maximum atomic E-state index is 12.3. The van der Waals surface area contributed by atoms with Crippen molar-refractivity contribution in [3.63, 3.8) is 0 Å². The van der Waals surface area contributed by atoms with Crippen LogP contribution in [0.5, 0.6) is 0 Å². The molecule has 0 saturated carbocycles. The molecular weight excluding hydrogens is 370 g/mol. The van der Waals surface area contributed by atoms with Crippen molar-refractivity contribution in [2.45, 2.75) is 33.2 Å². The van der Waals surface area contributed by atoms with E-state index in [0.29, 0.717) is 15.7 Å². The van der Waals surface area contributed by atoms with Crippen molar-refractivity contribution in [1.29, 1.82) is 0 Å². The van der Waals surface area contributed by atoms with Gasteiger partial charge in [0.2, 0.25) is 5.91 Å². The van der Waals surface area contributed by atoms with Crippen LogP contribution in [0.3, 0.4) is 0 Å². The van der Waals surface area contributed by atoms with Crippen LogP contribution in [0.2, 0.25) is 0 Å². The molecule has 2 amide bonds. The van der Waals surface area contributed by atoms with Gasteiger partial charge in [0, 0.05) is 10.9 Å². The second-order valence-corrected chi connectivity index (χ2v) is 7.72. The van der Waals surface area contributed by atoms with Gasteiger partial charge in [-0.1, -0.05) is 6.07 Å². The fourth-order valence-corrected chi connectivity index (χ4v) is 3.95. The Bertz CT molecular complexity index is 912. The summed E-state index contributed by atoms with van der Waals surface area (Å²) >= 11 is 2.67. The van der Waals surface area contributed by atoms with Crippen LogP contribution in [-0.2, 0) is 11.2 Å². The average Bonchev–Trinajstić information content (AvgIpc) is 3.29. The molecule has 0 aromatic carbocycles. The highest BCUT2D eigenvalue weighted by Crippen LogP contribution is 2.22. The van der Waals surface area contributed by atoms with Crippen molar-refractivity contribution >= 4 is 39.6 Å². The predicted octanol–water partition coefficient (Wildman–Crippen LogP) is 4.09. The van der Waals surface area contributed by atoms with E-state index >= 15 is 0 Å². The van der Waals surface area contributed by atoms with Crippen molar-refractivity contribution in [2.24, 2.45) is 0 Å². The first kappa shape index (κ1) is 18.3. The number of thiophene rings is 1. The van der Waals surface area contributed by atoms with Gasteiger partial charge in [-0.15, -0.1) is 22.7 Å². The Kier molecular flexibility index (Phi) is 5.53. The normalized spacial score (nSPS) is 12.0. The molecular formula is C18H19N3O3S2. The molecule has 26 heavy (non-hydrogen) atoms. The Morgan fingerprint density at radius 1 is 1.31 bits per heavy atom. The molecule has 3 rings (SSSR count). The second kappa shape index (κ2) is 7.84. The third-order valence-electron chi connectivity index (χ3n) is 3.78. The van der Waals surface area contributed by atoms with Crippen LogP contribution in [0.25, 0.3) is 0 Å². The van der Waals surface area contributed by atoms with Gasteiger partial charge in [-0.25, -0.2) is 4.98 Å². The SMILES string of the molecule is Cc1cc(C(C)NC(=O)Cc2csc(NC(=O)c3cccs3)n2)c(C)o1. The summed E-state index contributed by atoms with van der Waals surface area (Å²) in [5.74, 6) is 1.31. The summed E-state index contributed by atoms with van der Waals surface area (Å²) in [7, 11) is 0. The molecule has 136 valence electrons. The summed E-state index contributed by atoms with van der Waals surface area (Å²) < 4.78 is 5.51. The molecule has 6 nitrogen and oxygen atoms in total. The van der Waals surface area contributed by atoms with E-state index < -0.39 is 0 Å². The minimum atomic E-state index is -0.190. The lowest BCUT2D eigenvalue weighted by Gasteiger charge is -2.12. The van der Waals surface area contributed by atoms with Gasteiger partial charge in [-0.05, 0) is 38.3 Å². The highest BCUT2D eigenvalue weighted by atomic mass is 32.1. The molecule has 3 aromatic rings. The van der Waals surface area contributed by atoms with Crippen LogP contribution >= 0.6 is 22.7 Å². The third-order valence-corrected chi connectivity index (χ3v) is 5.46. The Balaban J connectivity index is 1.56. The van der Waals surface area contributed by atoms with E-state index in [1.54, 1.807) is 11.4 Å². The molecule has 0 aliphatic heterocycles. The Morgan fingerprint density at radius 2 is 2.12 bits per heavy atom. The first-order valence-corrected chi connectivity index (χ1v) is 9.84. The summed E-state index contributed by atoms with van der Waals surface area (Å²) in [4.78, 5) is 29.2. The number of anilines is 1. The van der Waals surface area contributed by atoms with E-state index in [9.17, 15) is 9.59 Å². The lowest BCUT2D eigenvalue weighted by molar-refractivity contribution is -0.121. The molecule has 1 atom stereocenters. The maximum absolute atomic E-state index is 12.3. The van der Waals surface area contributed by atoms with Crippen molar-refractivity contribution in [2.75, 3.05) is 5.32 Å². The number of carbonyl (C=O) groups excluding carboxylic acids is 2. The van der Waals surface area contributed by atoms with E-state index in [4.69, 9.17) is 4.42 Å². The number of carbonyl (C=O) groups is 2. The Hall–Kier alpha value is -2.45. The molecule has 0 bridgehead atoms. The first-order chi connectivity index (χ1) is 12.4. The number of hydrogen-bond donors (Lipinski definition) is 2. The van der Waals surface area contributed by atoms with Crippen molar-refractivity contribution in [3.05, 3.63) is 56.6 Å². The van der Waals surface area contributed by atoms with E-state index in [2.05, 4.69) is 15.6 Å². The average molecular weight is 390 g/mol. The van der Waals surface area contributed by atoms with E-state index in [1.807, 2.05) is 38.3 Å². The minimum Gasteiger partial charge on any atom is -0.466 e. The van der Waals surface area contributed by atoms with Gasteiger partial charge in [0.1, 0.15) is 11.5 Å². The number of nitrogens with zero attached hydrogens (tertiary/aromatic N) is 1. The summed E-state index contributed by atoms with van der Waals surface area (Å²) in [5, 5.41) is 9.81. The number of hydrogen-bond acceptors (Lipinski definition) is 6. The molecule has 8 heteroatoms. The largest absolute Gasteiger partial charge is 0.466 e. The molecule has 0 aliphatic carbocycles. The van der Waals surface area contributed by atoms with Crippen molar-refractivity contribution < 1.29 is 14.0 Å². The van der Waals surface area contributed by atoms with Crippen molar-refractivity contribution in [3.8, 4) is 0 Å². The van der Waals surface area contributed by atoms with Gasteiger partial charge in [0.05, 0.1) is 23.0 Å². The fraction of sp³-hybridized carbons (Fsp3) is 0.278. The second-order valence-electron chi connectivity index (χ2n) is 5.91. The van der Waals surface area contributed by atoms with Crippen LogP contribution in [0.15, 0.2) is 33.4 Å². The number of nitrogens with one attached hydrogen (secondary N) is 2. The topological polar surface area (TPSA) is 84.2 Å². The lowest BCUT2D eigenvalue weighted by Crippen LogP contribution is -2.28. The van der Waals surface area contributed by atoms with Gasteiger partial charge < -0.3 is 9.73 Å². The van der Waals surface area contributed by atoms with Crippen LogP contribution < -0.4 is 10.6 Å². The monoisotopic (exact) mass is 389 g/mol. The van der Waals surface area contributed by atoms with Gasteiger partial charge in [-0.3, -0.25) is 14.9 Å². The summed E-state index contributed by atoms with van der Waals surface area (Å²) in [6, 6.07) is 5.36. The van der Waals surface area contributed by atoms with Crippen molar-refractivity contribution in [1.82, 2.24) is 10.3 Å². The Morgan fingerprint density at radius 3 is 2.77 bits per heavy atom. The standard InChI is InChI=1S/C18H19N3O3S2/c1-10-7-14(12(3)24-10)11(2)19-16(22)8-13-9-26-18(20-13)21-17(23)15-5-4-6-25-15/h4-7,9,11H,8H2,1-3H3,(H,19,22)(H,20,21,23). The molecule has 3 heterocycles. The quantitative estimate of drug-likeness (QED) is 0.665. The van der Waals surface area contributed by atoms with E-state index in [-0.39, 0.29) is 24.3 Å². The lowest BCUT2D eigenvalue weighted by atomic mass is 10.1. The zero-order valence-electron chi connectivity index (χ0n) is 14.7. The van der Waals surface area contributed by atoms with Gasteiger partial charge in [0.25, 0.3) is 5.91 Å². The number of furan rings is 1. The zero-order chi connectivity index (χ0) is 18.7. The molecule has 0 spiro atoms. The molecule has 1 unspecified atom stereocenters. The molecule has 3 aromatic heterocycles. The molecule has 0 saturated heterocycles. The third kappa shape index (κ3) is 4.39. The first-order valence-electron chi connectivity index (χ1n) is 8.08. The van der Waals surface area contributed by atoms with Crippen LogP contribution in [-0.4, -0.2) is 16.8 Å². The number of amides is 2. The van der Waals surface area contributed by atoms with Crippen LogP contribution in [0.1, 0.15) is 45.4 Å². The fourth-order valence-electron chi connectivity index (χ4n) is 2.63. The highest BCUT2D eigenvalue weighted by molar-refractivity contribution is 7.14. The van der Waals surface area contributed by atoms with Gasteiger partial charge in [0.15, 0.2) is 5.13 Å².